The third-order valence-electron chi connectivity index (χ3n) is 7.93. The van der Waals surface area contributed by atoms with E-state index in [-0.39, 0.29) is 5.97 Å². The van der Waals surface area contributed by atoms with Crippen LogP contribution in [0, 0.1) is 6.92 Å². The van der Waals surface area contributed by atoms with E-state index in [1.54, 1.807) is 0 Å². The molecule has 1 unspecified atom stereocenters. The molecule has 204 valence electrons. The maximum absolute atomic E-state index is 12.9. The van der Waals surface area contributed by atoms with Crippen LogP contribution in [0.5, 0.6) is 5.75 Å². The summed E-state index contributed by atoms with van der Waals surface area (Å²) in [5.41, 5.74) is 6.72. The first kappa shape index (κ1) is 26.0. The van der Waals surface area contributed by atoms with Gasteiger partial charge in [-0.15, -0.1) is 0 Å². The molecule has 0 radical (unpaired) electrons. The van der Waals surface area contributed by atoms with Crippen LogP contribution in [0.15, 0.2) is 96.4 Å². The number of aryl methyl sites for hydroxylation is 1. The number of allylic oxidation sites excluding steroid dienone is 3. The first-order chi connectivity index (χ1) is 19.5. The largest absolute Gasteiger partial charge is 0.442 e. The average Bonchev–Trinajstić information content (AvgIpc) is 3.24. The lowest BCUT2D eigenvalue weighted by Gasteiger charge is -2.36. The van der Waals surface area contributed by atoms with E-state index in [1.807, 2.05) is 48.5 Å². The fourth-order valence-electron chi connectivity index (χ4n) is 5.74. The van der Waals surface area contributed by atoms with Crippen LogP contribution in [-0.4, -0.2) is 24.0 Å². The molecule has 40 heavy (non-hydrogen) atoms. The van der Waals surface area contributed by atoms with E-state index in [4.69, 9.17) is 9.47 Å². The van der Waals surface area contributed by atoms with Crippen molar-refractivity contribution in [3.8, 4) is 5.75 Å². The molecule has 2 aliphatic heterocycles. The number of carbonyl (C=O) groups is 1. The maximum Gasteiger partial charge on any atom is 0.340 e. The topological polar surface area (TPSA) is 50.8 Å². The lowest BCUT2D eigenvalue weighted by molar-refractivity contribution is 0.0296. The van der Waals surface area contributed by atoms with Crippen LogP contribution in [0.3, 0.4) is 0 Å². The van der Waals surface area contributed by atoms with Gasteiger partial charge in [0.25, 0.3) is 0 Å². The molecule has 2 heterocycles. The van der Waals surface area contributed by atoms with Crippen molar-refractivity contribution < 1.29 is 14.3 Å². The van der Waals surface area contributed by atoms with Crippen molar-refractivity contribution in [3.05, 3.63) is 119 Å². The molecule has 5 heteroatoms. The highest BCUT2D eigenvalue weighted by atomic mass is 16.6. The Morgan fingerprint density at radius 1 is 0.900 bits per heavy atom. The van der Waals surface area contributed by atoms with E-state index in [1.165, 1.54) is 0 Å². The van der Waals surface area contributed by atoms with Crippen LogP contribution in [-0.2, 0) is 10.3 Å². The number of hydrogen-bond acceptors (Lipinski definition) is 5. The molecule has 6 rings (SSSR count). The minimum atomic E-state index is -0.943. The van der Waals surface area contributed by atoms with Crippen LogP contribution in [0.25, 0.3) is 5.57 Å². The summed E-state index contributed by atoms with van der Waals surface area (Å²) < 4.78 is 12.9. The van der Waals surface area contributed by atoms with E-state index in [9.17, 15) is 4.79 Å². The first-order valence-electron chi connectivity index (χ1n) is 14.4. The van der Waals surface area contributed by atoms with E-state index in [2.05, 4.69) is 67.4 Å². The van der Waals surface area contributed by atoms with Crippen molar-refractivity contribution in [2.75, 3.05) is 18.4 Å². The van der Waals surface area contributed by atoms with Gasteiger partial charge in [-0.05, 0) is 79.5 Å². The highest BCUT2D eigenvalue weighted by Crippen LogP contribution is 2.50. The van der Waals surface area contributed by atoms with Gasteiger partial charge < -0.3 is 19.7 Å². The molecule has 0 bridgehead atoms. The highest BCUT2D eigenvalue weighted by molar-refractivity contribution is 5.98. The summed E-state index contributed by atoms with van der Waals surface area (Å²) in [6, 6.07) is 22.2. The quantitative estimate of drug-likeness (QED) is 0.281. The van der Waals surface area contributed by atoms with Gasteiger partial charge in [0.1, 0.15) is 5.75 Å². The van der Waals surface area contributed by atoms with E-state index < -0.39 is 5.60 Å². The Morgan fingerprint density at radius 2 is 1.62 bits per heavy atom. The number of anilines is 2. The molecule has 1 atom stereocenters. The van der Waals surface area contributed by atoms with Gasteiger partial charge in [-0.2, -0.15) is 0 Å². The second-order valence-electron chi connectivity index (χ2n) is 10.8. The summed E-state index contributed by atoms with van der Waals surface area (Å²) in [6.45, 7) is 8.41. The minimum absolute atomic E-state index is 0.292. The number of benzene rings is 3. The molecule has 1 N–H and O–H groups in total. The van der Waals surface area contributed by atoms with Crippen LogP contribution in [0.2, 0.25) is 0 Å². The molecule has 3 aliphatic rings. The average molecular weight is 533 g/mol. The Kier molecular flexibility index (Phi) is 6.97. The number of nitrogens with zero attached hydrogens (tertiary/aromatic N) is 1. The third-order valence-corrected chi connectivity index (χ3v) is 7.93. The number of ether oxygens (including phenoxy) is 2. The molecule has 0 saturated heterocycles. The van der Waals surface area contributed by atoms with Crippen molar-refractivity contribution >= 4 is 22.9 Å². The summed E-state index contributed by atoms with van der Waals surface area (Å²) in [4.78, 5) is 15.3. The fraction of sp³-hybridized carbons (Fsp3) is 0.286. The summed E-state index contributed by atoms with van der Waals surface area (Å²) in [7, 11) is 0. The molecule has 1 spiro atoms. The normalized spacial score (nSPS) is 18.5. The van der Waals surface area contributed by atoms with Crippen LogP contribution >= 0.6 is 0 Å². The van der Waals surface area contributed by atoms with E-state index in [0.717, 1.165) is 89.6 Å². The van der Waals surface area contributed by atoms with Crippen molar-refractivity contribution in [1.82, 2.24) is 4.90 Å². The van der Waals surface area contributed by atoms with Gasteiger partial charge in [-0.3, -0.25) is 0 Å². The third kappa shape index (κ3) is 4.60. The zero-order valence-electron chi connectivity index (χ0n) is 23.5. The molecule has 1 aliphatic carbocycles. The number of unbranched alkanes of at least 4 members (excludes halogenated alkanes) is 2. The number of hydrogen-bond donors (Lipinski definition) is 1. The summed E-state index contributed by atoms with van der Waals surface area (Å²) in [6.07, 6.45) is 10.6. The molecule has 5 nitrogen and oxygen atoms in total. The Bertz CT molecular complexity index is 1530. The van der Waals surface area contributed by atoms with Crippen LogP contribution in [0.4, 0.5) is 11.4 Å². The van der Waals surface area contributed by atoms with Gasteiger partial charge in [0.2, 0.25) is 5.88 Å². The lowest BCUT2D eigenvalue weighted by atomic mass is 9.80. The molecule has 0 amide bonds. The Labute approximate surface area is 236 Å². The van der Waals surface area contributed by atoms with Gasteiger partial charge in [-0.25, -0.2) is 4.79 Å². The second-order valence-corrected chi connectivity index (χ2v) is 10.8. The highest BCUT2D eigenvalue weighted by Gasteiger charge is 2.45. The Morgan fingerprint density at radius 3 is 2.38 bits per heavy atom. The SMILES string of the molecule is CCCCN(CCCC)C1=C2C=CC3(C=C2c2cc(Nc4ccccc4)c(C)cc2O1)OC(=O)c1ccccc13. The summed E-state index contributed by atoms with van der Waals surface area (Å²) in [5, 5.41) is 3.58. The molecule has 3 aromatic carbocycles. The number of fused-ring (bicyclic) bond motifs is 5. The predicted octanol–water partition coefficient (Wildman–Crippen LogP) is 8.26. The van der Waals surface area contributed by atoms with Crippen molar-refractivity contribution in [3.63, 3.8) is 0 Å². The molecular weight excluding hydrogens is 496 g/mol. The van der Waals surface area contributed by atoms with Crippen molar-refractivity contribution in [2.24, 2.45) is 0 Å². The van der Waals surface area contributed by atoms with E-state index >= 15 is 0 Å². The molecule has 0 aromatic heterocycles. The van der Waals surface area contributed by atoms with Gasteiger partial charge >= 0.3 is 5.97 Å². The van der Waals surface area contributed by atoms with E-state index in [0.29, 0.717) is 5.56 Å². The minimum Gasteiger partial charge on any atom is -0.442 e. The number of rotatable bonds is 9. The maximum atomic E-state index is 12.9. The molecule has 3 aromatic rings. The first-order valence-corrected chi connectivity index (χ1v) is 14.4. The zero-order valence-corrected chi connectivity index (χ0v) is 23.5. The van der Waals surface area contributed by atoms with Gasteiger partial charge in [0.05, 0.1) is 5.56 Å². The number of para-hydroxylation sites is 1. The zero-order chi connectivity index (χ0) is 27.7. The monoisotopic (exact) mass is 532 g/mol. The molecular formula is C35H36N2O3. The van der Waals surface area contributed by atoms with Gasteiger partial charge in [0.15, 0.2) is 5.60 Å². The second kappa shape index (κ2) is 10.7. The van der Waals surface area contributed by atoms with Crippen LogP contribution in [0.1, 0.15) is 66.6 Å². The number of esters is 1. The fourth-order valence-corrected chi connectivity index (χ4v) is 5.74. The van der Waals surface area contributed by atoms with Gasteiger partial charge in [0, 0.05) is 41.2 Å². The lowest BCUT2D eigenvalue weighted by Crippen LogP contribution is -2.33. The van der Waals surface area contributed by atoms with Gasteiger partial charge in [-0.1, -0.05) is 63.1 Å². The Balaban J connectivity index is 1.51. The summed E-state index contributed by atoms with van der Waals surface area (Å²) >= 11 is 0. The van der Waals surface area contributed by atoms with Crippen molar-refractivity contribution in [1.29, 1.82) is 0 Å². The molecule has 0 saturated carbocycles. The number of nitrogens with one attached hydrogen (secondary N) is 1. The number of carbonyl (C=O) groups excluding carboxylic acids is 1. The summed E-state index contributed by atoms with van der Waals surface area (Å²) in [5.74, 6) is 1.41. The smallest absolute Gasteiger partial charge is 0.340 e. The standard InChI is InChI=1S/C35H36N2O3/c1-4-6-19-37(20-7-5-2)33-26-17-18-35(30-16-12-11-15-27(30)34(38)40-35)23-29(26)28-22-31(24(3)21-32(28)39-33)36-25-13-9-8-10-14-25/h8-18,21-23,36H,4-7,19-20H2,1-3H3. The van der Waals surface area contributed by atoms with Crippen LogP contribution < -0.4 is 10.1 Å². The van der Waals surface area contributed by atoms with Crippen molar-refractivity contribution in [2.45, 2.75) is 52.1 Å². The Hall–Kier alpha value is -4.25. The predicted molar refractivity (Wildman–Crippen MR) is 161 cm³/mol. The molecule has 0 fully saturated rings.